The molecule has 2 fully saturated rings. The molecule has 1 unspecified atom stereocenters. The minimum atomic E-state index is -0.630. The summed E-state index contributed by atoms with van der Waals surface area (Å²) in [4.78, 5) is 39.1. The average Bonchev–Trinajstić information content (AvgIpc) is 2.88. The van der Waals surface area contributed by atoms with Gasteiger partial charge in [0, 0.05) is 20.0 Å². The Bertz CT molecular complexity index is 921. The Morgan fingerprint density at radius 2 is 1.88 bits per heavy atom. The van der Waals surface area contributed by atoms with Crippen LogP contribution in [-0.2, 0) is 23.2 Å². The zero-order valence-corrected chi connectivity index (χ0v) is 15.0. The summed E-state index contributed by atoms with van der Waals surface area (Å²) in [6, 6.07) is 5.27. The Labute approximate surface area is 151 Å². The lowest BCUT2D eigenvalue weighted by Crippen LogP contribution is -2.44. The van der Waals surface area contributed by atoms with E-state index in [1.807, 2.05) is 12.1 Å². The standard InChI is InChI=1S/C19H24N4O3/c1-21-17-13(12-22-10-3-2-4-11-22)6-5-7-14(17)23(19(21)26)15-8-9-16(24)20-18(15)25/h5-7,15H,2-4,8-12H2,1H3,(H,20,24,25). The molecule has 1 N–H and O–H groups in total. The summed E-state index contributed by atoms with van der Waals surface area (Å²) in [6.45, 7) is 2.97. The van der Waals surface area contributed by atoms with Crippen LogP contribution in [0.3, 0.4) is 0 Å². The monoisotopic (exact) mass is 356 g/mol. The molecule has 2 aliphatic rings. The van der Waals surface area contributed by atoms with Crippen LogP contribution in [-0.4, -0.2) is 38.9 Å². The topological polar surface area (TPSA) is 76.3 Å². The zero-order valence-electron chi connectivity index (χ0n) is 15.0. The van der Waals surface area contributed by atoms with Gasteiger partial charge in [-0.25, -0.2) is 4.79 Å². The summed E-state index contributed by atoms with van der Waals surface area (Å²) in [7, 11) is 1.76. The van der Waals surface area contributed by atoms with Crippen LogP contribution in [0.4, 0.5) is 0 Å². The summed E-state index contributed by atoms with van der Waals surface area (Å²) >= 11 is 0. The number of aryl methyl sites for hydroxylation is 1. The number of carbonyl (C=O) groups excluding carboxylic acids is 2. The van der Waals surface area contributed by atoms with Crippen molar-refractivity contribution >= 4 is 22.8 Å². The fourth-order valence-corrected chi connectivity index (χ4v) is 4.24. The van der Waals surface area contributed by atoms with Crippen LogP contribution in [0.25, 0.3) is 11.0 Å². The van der Waals surface area contributed by atoms with Gasteiger partial charge in [0.2, 0.25) is 11.8 Å². The van der Waals surface area contributed by atoms with Crippen molar-refractivity contribution in [2.45, 2.75) is 44.7 Å². The summed E-state index contributed by atoms with van der Waals surface area (Å²) in [6.07, 6.45) is 4.33. The first-order valence-electron chi connectivity index (χ1n) is 9.31. The first-order valence-corrected chi connectivity index (χ1v) is 9.31. The van der Waals surface area contributed by atoms with E-state index < -0.39 is 11.9 Å². The number of aromatic nitrogens is 2. The number of nitrogens with one attached hydrogen (secondary N) is 1. The van der Waals surface area contributed by atoms with Crippen molar-refractivity contribution in [1.82, 2.24) is 19.4 Å². The van der Waals surface area contributed by atoms with E-state index >= 15 is 0 Å². The highest BCUT2D eigenvalue weighted by Gasteiger charge is 2.31. The zero-order chi connectivity index (χ0) is 18.3. The van der Waals surface area contributed by atoms with Gasteiger partial charge >= 0.3 is 5.69 Å². The summed E-state index contributed by atoms with van der Waals surface area (Å²) in [5.74, 6) is -0.664. The first kappa shape index (κ1) is 17.0. The summed E-state index contributed by atoms with van der Waals surface area (Å²) in [5.41, 5.74) is 2.55. The molecule has 0 saturated carbocycles. The summed E-state index contributed by atoms with van der Waals surface area (Å²) in [5, 5.41) is 2.35. The molecule has 7 heteroatoms. The van der Waals surface area contributed by atoms with E-state index in [0.29, 0.717) is 6.42 Å². The molecular weight excluding hydrogens is 332 g/mol. The number of fused-ring (bicyclic) bond motifs is 1. The molecule has 1 aromatic carbocycles. The predicted molar refractivity (Wildman–Crippen MR) is 97.7 cm³/mol. The van der Waals surface area contributed by atoms with Crippen molar-refractivity contribution in [1.29, 1.82) is 0 Å². The molecule has 2 aliphatic heterocycles. The average molecular weight is 356 g/mol. The van der Waals surface area contributed by atoms with Gasteiger partial charge in [0.1, 0.15) is 6.04 Å². The second-order valence-electron chi connectivity index (χ2n) is 7.30. The third kappa shape index (κ3) is 2.86. The molecule has 1 aromatic heterocycles. The van der Waals surface area contributed by atoms with Gasteiger partial charge in [-0.2, -0.15) is 0 Å². The minimum Gasteiger partial charge on any atom is -0.299 e. The highest BCUT2D eigenvalue weighted by Crippen LogP contribution is 2.26. The largest absolute Gasteiger partial charge is 0.329 e. The van der Waals surface area contributed by atoms with Crippen molar-refractivity contribution in [2.24, 2.45) is 7.05 Å². The van der Waals surface area contributed by atoms with Gasteiger partial charge in [-0.1, -0.05) is 18.6 Å². The highest BCUT2D eigenvalue weighted by atomic mass is 16.2. The molecule has 2 aromatic rings. The van der Waals surface area contributed by atoms with Crippen molar-refractivity contribution in [3.8, 4) is 0 Å². The number of nitrogens with zero attached hydrogens (tertiary/aromatic N) is 3. The maximum atomic E-state index is 12.9. The SMILES string of the molecule is Cn1c(=O)n(C2CCC(=O)NC2=O)c2cccc(CN3CCCCC3)c21. The van der Waals surface area contributed by atoms with Crippen LogP contribution in [0.1, 0.15) is 43.7 Å². The lowest BCUT2D eigenvalue weighted by Gasteiger charge is -2.26. The van der Waals surface area contributed by atoms with Gasteiger partial charge in [0.25, 0.3) is 0 Å². The lowest BCUT2D eigenvalue weighted by molar-refractivity contribution is -0.135. The van der Waals surface area contributed by atoms with Crippen LogP contribution in [0.15, 0.2) is 23.0 Å². The number of carbonyl (C=O) groups is 2. The molecule has 26 heavy (non-hydrogen) atoms. The maximum Gasteiger partial charge on any atom is 0.329 e. The number of imide groups is 1. The highest BCUT2D eigenvalue weighted by molar-refractivity contribution is 6.00. The van der Waals surface area contributed by atoms with E-state index in [9.17, 15) is 14.4 Å². The number of likely N-dealkylation sites (tertiary alicyclic amines) is 1. The van der Waals surface area contributed by atoms with E-state index in [0.717, 1.165) is 36.2 Å². The fourth-order valence-electron chi connectivity index (χ4n) is 4.24. The van der Waals surface area contributed by atoms with Crippen LogP contribution >= 0.6 is 0 Å². The third-order valence-electron chi connectivity index (χ3n) is 5.55. The molecule has 0 bridgehead atoms. The number of amides is 2. The van der Waals surface area contributed by atoms with E-state index in [2.05, 4.69) is 16.3 Å². The minimum absolute atomic E-state index is 0.208. The summed E-state index contributed by atoms with van der Waals surface area (Å²) < 4.78 is 3.19. The molecule has 3 heterocycles. The third-order valence-corrected chi connectivity index (χ3v) is 5.55. The van der Waals surface area contributed by atoms with E-state index in [1.54, 1.807) is 16.2 Å². The maximum absolute atomic E-state index is 12.9. The lowest BCUT2D eigenvalue weighted by atomic mass is 10.1. The molecule has 0 radical (unpaired) electrons. The van der Waals surface area contributed by atoms with Crippen LogP contribution in [0, 0.1) is 0 Å². The first-order chi connectivity index (χ1) is 12.6. The number of imidazole rings is 1. The van der Waals surface area contributed by atoms with E-state index in [-0.39, 0.29) is 18.0 Å². The van der Waals surface area contributed by atoms with E-state index in [1.165, 1.54) is 19.3 Å². The van der Waals surface area contributed by atoms with Crippen LogP contribution in [0.2, 0.25) is 0 Å². The molecular formula is C19H24N4O3. The van der Waals surface area contributed by atoms with Gasteiger partial charge in [0.15, 0.2) is 0 Å². The second-order valence-corrected chi connectivity index (χ2v) is 7.30. The van der Waals surface area contributed by atoms with Crippen molar-refractivity contribution in [3.05, 3.63) is 34.2 Å². The number of hydrogen-bond donors (Lipinski definition) is 1. The van der Waals surface area contributed by atoms with Gasteiger partial charge in [0.05, 0.1) is 11.0 Å². The molecule has 4 rings (SSSR count). The van der Waals surface area contributed by atoms with Crippen LogP contribution < -0.4 is 11.0 Å². The van der Waals surface area contributed by atoms with Gasteiger partial charge in [-0.15, -0.1) is 0 Å². The quantitative estimate of drug-likeness (QED) is 0.841. The number of piperidine rings is 2. The van der Waals surface area contributed by atoms with Crippen molar-refractivity contribution < 1.29 is 9.59 Å². The molecule has 2 amide bonds. The molecule has 7 nitrogen and oxygen atoms in total. The molecule has 0 spiro atoms. The smallest absolute Gasteiger partial charge is 0.299 e. The Morgan fingerprint density at radius 3 is 2.62 bits per heavy atom. The number of benzene rings is 1. The Hall–Kier alpha value is -2.41. The van der Waals surface area contributed by atoms with Crippen molar-refractivity contribution in [3.63, 3.8) is 0 Å². The number of para-hydroxylation sites is 1. The van der Waals surface area contributed by atoms with Gasteiger partial charge < -0.3 is 0 Å². The Balaban J connectivity index is 1.77. The van der Waals surface area contributed by atoms with Gasteiger partial charge in [-0.05, 0) is 44.0 Å². The molecule has 2 saturated heterocycles. The predicted octanol–water partition coefficient (Wildman–Crippen LogP) is 1.30. The number of hydrogen-bond acceptors (Lipinski definition) is 4. The van der Waals surface area contributed by atoms with Gasteiger partial charge in [-0.3, -0.25) is 28.9 Å². The number of rotatable bonds is 3. The van der Waals surface area contributed by atoms with Crippen LogP contribution in [0.5, 0.6) is 0 Å². The van der Waals surface area contributed by atoms with E-state index in [4.69, 9.17) is 0 Å². The normalized spacial score (nSPS) is 22.0. The Morgan fingerprint density at radius 1 is 1.12 bits per heavy atom. The fraction of sp³-hybridized carbons (Fsp3) is 0.526. The molecule has 138 valence electrons. The second kappa shape index (κ2) is 6.72. The molecule has 1 atom stereocenters. The Kier molecular flexibility index (Phi) is 4.40. The molecule has 0 aliphatic carbocycles. The van der Waals surface area contributed by atoms with Crippen molar-refractivity contribution in [2.75, 3.05) is 13.1 Å².